The van der Waals surface area contributed by atoms with Gasteiger partial charge in [0.05, 0.1) is 12.2 Å². The second kappa shape index (κ2) is 11.5. The van der Waals surface area contributed by atoms with Crippen LogP contribution in [-0.4, -0.2) is 68.3 Å². The van der Waals surface area contributed by atoms with Crippen LogP contribution in [0.1, 0.15) is 24.2 Å². The summed E-state index contributed by atoms with van der Waals surface area (Å²) >= 11 is 0. The third-order valence-corrected chi connectivity index (χ3v) is 12.8. The number of fused-ring (bicyclic) bond motifs is 1. The van der Waals surface area contributed by atoms with Gasteiger partial charge in [0.1, 0.15) is 19.0 Å². The molecule has 0 amide bonds. The fraction of sp³-hybridized carbons (Fsp3) is 0.355. The normalized spacial score (nSPS) is 17.0. The quantitative estimate of drug-likeness (QED) is 0.222. The van der Waals surface area contributed by atoms with E-state index in [0.717, 1.165) is 28.0 Å². The van der Waals surface area contributed by atoms with Gasteiger partial charge >= 0.3 is 11.9 Å². The number of rotatable bonds is 8. The van der Waals surface area contributed by atoms with Crippen molar-refractivity contribution in [1.29, 1.82) is 0 Å². The van der Waals surface area contributed by atoms with Crippen LogP contribution in [-0.2, 0) is 14.3 Å². The predicted molar refractivity (Wildman–Crippen MR) is 161 cm³/mol. The van der Waals surface area contributed by atoms with E-state index in [9.17, 15) is 9.59 Å². The van der Waals surface area contributed by atoms with Gasteiger partial charge in [-0.1, -0.05) is 24.3 Å². The van der Waals surface area contributed by atoms with E-state index >= 15 is 0 Å². The van der Waals surface area contributed by atoms with Crippen LogP contribution in [0.25, 0.3) is 22.3 Å². The van der Waals surface area contributed by atoms with E-state index in [1.54, 1.807) is 19.1 Å². The third-order valence-electron chi connectivity index (χ3n) is 6.90. The molecule has 0 saturated heterocycles. The molecule has 0 fully saturated rings. The maximum atomic E-state index is 12.1. The van der Waals surface area contributed by atoms with Crippen LogP contribution in [0.5, 0.6) is 5.75 Å². The van der Waals surface area contributed by atoms with E-state index in [0.29, 0.717) is 12.2 Å². The first-order valence-corrected chi connectivity index (χ1v) is 18.0. The minimum absolute atomic E-state index is 0.199. The summed E-state index contributed by atoms with van der Waals surface area (Å²) in [4.78, 5) is 26.3. The van der Waals surface area contributed by atoms with Gasteiger partial charge in [0.25, 0.3) is 0 Å². The van der Waals surface area contributed by atoms with Crippen molar-refractivity contribution >= 4 is 32.0 Å². The van der Waals surface area contributed by atoms with E-state index in [1.165, 1.54) is 28.2 Å². The SMILES string of the molecule is CCOC(=O)c1ccc(-c2ccc(OCCOC(C)=O)c(-c3ccc4c(c3)S(C)(C)CCS4(C)C)c2)cc1. The number of benzene rings is 3. The molecule has 0 aromatic heterocycles. The van der Waals surface area contributed by atoms with Crippen LogP contribution < -0.4 is 4.74 Å². The molecule has 7 heteroatoms. The van der Waals surface area contributed by atoms with Crippen LogP contribution in [0, 0.1) is 0 Å². The molecular formula is C31H38O5S2. The zero-order valence-electron chi connectivity index (χ0n) is 23.2. The topological polar surface area (TPSA) is 61.8 Å². The van der Waals surface area contributed by atoms with E-state index in [-0.39, 0.29) is 25.2 Å². The molecule has 0 saturated carbocycles. The Morgan fingerprint density at radius 3 is 2.03 bits per heavy atom. The van der Waals surface area contributed by atoms with Crippen LogP contribution in [0.4, 0.5) is 0 Å². The van der Waals surface area contributed by atoms with E-state index < -0.39 is 20.1 Å². The molecule has 3 aromatic rings. The fourth-order valence-electron chi connectivity index (χ4n) is 4.61. The van der Waals surface area contributed by atoms with Gasteiger partial charge in [-0.2, -0.15) is 0 Å². The van der Waals surface area contributed by atoms with Gasteiger partial charge in [-0.3, -0.25) is 4.79 Å². The van der Waals surface area contributed by atoms with Gasteiger partial charge in [0, 0.05) is 22.3 Å². The zero-order valence-corrected chi connectivity index (χ0v) is 24.8. The summed E-state index contributed by atoms with van der Waals surface area (Å²) in [6.07, 6.45) is 9.68. The Hall–Kier alpha value is -2.90. The van der Waals surface area contributed by atoms with Crippen molar-refractivity contribution in [2.75, 3.05) is 56.3 Å². The molecular weight excluding hydrogens is 516 g/mol. The largest absolute Gasteiger partial charge is 0.489 e. The van der Waals surface area contributed by atoms with Crippen LogP contribution in [0.3, 0.4) is 0 Å². The molecule has 5 nitrogen and oxygen atoms in total. The first-order valence-electron chi connectivity index (χ1n) is 12.8. The minimum atomic E-state index is -0.888. The summed E-state index contributed by atoms with van der Waals surface area (Å²) in [6.45, 7) is 4.02. The Bertz CT molecular complexity index is 1330. The highest BCUT2D eigenvalue weighted by Crippen LogP contribution is 2.66. The van der Waals surface area contributed by atoms with Crippen molar-refractivity contribution in [2.24, 2.45) is 0 Å². The molecule has 4 rings (SSSR count). The molecule has 0 bridgehead atoms. The number of ether oxygens (including phenoxy) is 3. The van der Waals surface area contributed by atoms with Crippen LogP contribution >= 0.6 is 20.1 Å². The number of hydrogen-bond donors (Lipinski definition) is 0. The standard InChI is InChI=1S/C31H38O5S2/c1-7-34-31(33)24-10-8-23(9-11-24)25-12-14-28(36-17-16-35-22(2)32)27(20-25)26-13-15-29-30(21-26)38(5,6)19-18-37(29,3)4/h8-15,20-21H,7,16-19H2,1-6H3. The van der Waals surface area contributed by atoms with Gasteiger partial charge in [-0.05, 0) is 96.5 Å². The Balaban J connectivity index is 1.75. The Labute approximate surface area is 229 Å². The average Bonchev–Trinajstić information content (AvgIpc) is 2.89. The lowest BCUT2D eigenvalue weighted by atomic mass is 9.97. The van der Waals surface area contributed by atoms with Crippen molar-refractivity contribution in [2.45, 2.75) is 23.6 Å². The zero-order chi connectivity index (χ0) is 27.5. The molecule has 1 aliphatic heterocycles. The van der Waals surface area contributed by atoms with Crippen molar-refractivity contribution in [3.05, 3.63) is 66.2 Å². The summed E-state index contributed by atoms with van der Waals surface area (Å²) in [5, 5.41) is 0. The first-order chi connectivity index (χ1) is 18.0. The highest BCUT2D eigenvalue weighted by molar-refractivity contribution is 8.38. The lowest BCUT2D eigenvalue weighted by molar-refractivity contribution is -0.141. The molecule has 0 unspecified atom stereocenters. The Morgan fingerprint density at radius 1 is 0.737 bits per heavy atom. The summed E-state index contributed by atoms with van der Waals surface area (Å²) in [6, 6.07) is 20.5. The van der Waals surface area contributed by atoms with E-state index in [4.69, 9.17) is 14.2 Å². The highest BCUT2D eigenvalue weighted by atomic mass is 32.3. The average molecular weight is 555 g/mol. The van der Waals surface area contributed by atoms with Crippen LogP contribution in [0.15, 0.2) is 70.5 Å². The summed E-state index contributed by atoms with van der Waals surface area (Å²) in [7, 11) is -1.70. The number of esters is 2. The van der Waals surface area contributed by atoms with Gasteiger partial charge in [0.15, 0.2) is 0 Å². The summed E-state index contributed by atoms with van der Waals surface area (Å²) in [5.74, 6) is 2.65. The Kier molecular flexibility index (Phi) is 8.48. The van der Waals surface area contributed by atoms with Crippen LogP contribution in [0.2, 0.25) is 0 Å². The number of hydrogen-bond acceptors (Lipinski definition) is 5. The van der Waals surface area contributed by atoms with Crippen molar-refractivity contribution in [3.63, 3.8) is 0 Å². The molecule has 0 atom stereocenters. The van der Waals surface area contributed by atoms with Crippen molar-refractivity contribution < 1.29 is 23.8 Å². The molecule has 0 spiro atoms. The van der Waals surface area contributed by atoms with Crippen molar-refractivity contribution in [3.8, 4) is 28.0 Å². The van der Waals surface area contributed by atoms with E-state index in [2.05, 4.69) is 49.3 Å². The van der Waals surface area contributed by atoms with Crippen molar-refractivity contribution in [1.82, 2.24) is 0 Å². The molecule has 1 heterocycles. The third kappa shape index (κ3) is 6.21. The second-order valence-corrected chi connectivity index (χ2v) is 18.2. The maximum Gasteiger partial charge on any atom is 0.338 e. The molecule has 1 aliphatic rings. The number of carbonyl (C=O) groups is 2. The minimum Gasteiger partial charge on any atom is -0.489 e. The van der Waals surface area contributed by atoms with Gasteiger partial charge in [-0.25, -0.2) is 24.9 Å². The Morgan fingerprint density at radius 2 is 1.37 bits per heavy atom. The first kappa shape index (κ1) is 28.1. The molecule has 204 valence electrons. The second-order valence-electron chi connectivity index (χ2n) is 10.3. The van der Waals surface area contributed by atoms with E-state index in [1.807, 2.05) is 24.3 Å². The molecule has 3 aromatic carbocycles. The molecule has 38 heavy (non-hydrogen) atoms. The fourth-order valence-corrected chi connectivity index (χ4v) is 11.8. The smallest absolute Gasteiger partial charge is 0.338 e. The highest BCUT2D eigenvalue weighted by Gasteiger charge is 2.32. The monoisotopic (exact) mass is 554 g/mol. The van der Waals surface area contributed by atoms with Gasteiger partial charge in [0.2, 0.25) is 0 Å². The lowest BCUT2D eigenvalue weighted by Crippen LogP contribution is -2.19. The number of carbonyl (C=O) groups excluding carboxylic acids is 2. The molecule has 0 aliphatic carbocycles. The predicted octanol–water partition coefficient (Wildman–Crippen LogP) is 7.00. The molecule has 0 radical (unpaired) electrons. The summed E-state index contributed by atoms with van der Waals surface area (Å²) < 4.78 is 16.3. The van der Waals surface area contributed by atoms with Gasteiger partial charge in [-0.15, -0.1) is 0 Å². The summed E-state index contributed by atoms with van der Waals surface area (Å²) in [5.41, 5.74) is 4.68. The molecule has 0 N–H and O–H groups in total. The maximum absolute atomic E-state index is 12.1. The van der Waals surface area contributed by atoms with Gasteiger partial charge < -0.3 is 14.2 Å². The lowest BCUT2D eigenvalue weighted by Gasteiger charge is -2.48.